The van der Waals surface area contributed by atoms with E-state index in [2.05, 4.69) is 22.1 Å². The molecule has 3 N–H and O–H groups in total. The molecule has 1 heterocycles. The van der Waals surface area contributed by atoms with Gasteiger partial charge in [-0.25, -0.2) is 4.98 Å². The van der Waals surface area contributed by atoms with E-state index in [0.717, 1.165) is 58.0 Å². The third kappa shape index (κ3) is 4.39. The van der Waals surface area contributed by atoms with Crippen molar-refractivity contribution in [1.29, 1.82) is 0 Å². The van der Waals surface area contributed by atoms with Gasteiger partial charge in [-0.1, -0.05) is 18.5 Å². The summed E-state index contributed by atoms with van der Waals surface area (Å²) in [7, 11) is 1.83. The minimum Gasteiger partial charge on any atom is -0.396 e. The van der Waals surface area contributed by atoms with Crippen LogP contribution in [0.4, 0.5) is 11.5 Å². The first-order valence-electron chi connectivity index (χ1n) is 13.6. The number of anilines is 1. The van der Waals surface area contributed by atoms with Gasteiger partial charge in [-0.3, -0.25) is 4.79 Å². The smallest absolute Gasteiger partial charge is 0.197 e. The summed E-state index contributed by atoms with van der Waals surface area (Å²) in [4.78, 5) is 17.5. The predicted molar refractivity (Wildman–Crippen MR) is 140 cm³/mol. The SMILES string of the molecule is COC[C@]12CC[C@@](C)(O)C[C@@H]1CC[C@H]1[C@@H]3CC[C@H](C(=O)CN=Nc4ncc(Cl)cc4N)[C@@]3(C)CC[C@@H]12. The number of methoxy groups -OCH3 is 1. The number of carbonyl (C=O) groups excluding carboxylic acids is 1. The number of Topliss-reactive ketones (excluding diaryl/α,β-unsaturated/α-hetero) is 1. The molecule has 1 aromatic heterocycles. The largest absolute Gasteiger partial charge is 0.396 e. The molecular weight excluding hydrogens is 476 g/mol. The van der Waals surface area contributed by atoms with Crippen LogP contribution >= 0.6 is 11.6 Å². The van der Waals surface area contributed by atoms with E-state index >= 15 is 0 Å². The van der Waals surface area contributed by atoms with Crippen molar-refractivity contribution in [3.63, 3.8) is 0 Å². The minimum atomic E-state index is -0.552. The first-order valence-corrected chi connectivity index (χ1v) is 14.0. The number of halogens is 1. The Morgan fingerprint density at radius 3 is 2.75 bits per heavy atom. The molecule has 1 aromatic rings. The number of rotatable bonds is 6. The van der Waals surface area contributed by atoms with Crippen molar-refractivity contribution < 1.29 is 14.6 Å². The Bertz CT molecular complexity index is 1030. The number of ether oxygens (including phenoxy) is 1. The third-order valence-electron chi connectivity index (χ3n) is 10.7. The van der Waals surface area contributed by atoms with Gasteiger partial charge in [0.15, 0.2) is 11.6 Å². The van der Waals surface area contributed by atoms with E-state index in [4.69, 9.17) is 22.1 Å². The van der Waals surface area contributed by atoms with Gasteiger partial charge in [0, 0.05) is 19.2 Å². The van der Waals surface area contributed by atoms with Crippen molar-refractivity contribution in [3.05, 3.63) is 17.3 Å². The molecule has 0 aliphatic heterocycles. The van der Waals surface area contributed by atoms with E-state index in [1.54, 1.807) is 6.07 Å². The average Bonchev–Trinajstić information content (AvgIpc) is 3.18. The Labute approximate surface area is 219 Å². The molecule has 0 aromatic carbocycles. The Kier molecular flexibility index (Phi) is 6.97. The molecule has 0 radical (unpaired) electrons. The van der Waals surface area contributed by atoms with Crippen LogP contribution < -0.4 is 5.73 Å². The molecule has 0 amide bonds. The highest BCUT2D eigenvalue weighted by atomic mass is 35.5. The topological polar surface area (TPSA) is 110 Å². The second-order valence-electron chi connectivity index (χ2n) is 12.6. The number of aromatic nitrogens is 1. The number of ketones is 1. The van der Waals surface area contributed by atoms with Crippen molar-refractivity contribution in [3.8, 4) is 0 Å². The van der Waals surface area contributed by atoms with Gasteiger partial charge in [-0.15, -0.1) is 5.11 Å². The molecule has 4 fully saturated rings. The normalized spacial score (nSPS) is 42.1. The van der Waals surface area contributed by atoms with E-state index in [9.17, 15) is 9.90 Å². The first kappa shape index (κ1) is 26.1. The molecule has 8 heteroatoms. The zero-order chi connectivity index (χ0) is 25.7. The Morgan fingerprint density at radius 2 is 2.00 bits per heavy atom. The van der Waals surface area contributed by atoms with Crippen molar-refractivity contribution in [2.45, 2.75) is 77.2 Å². The van der Waals surface area contributed by atoms with Crippen LogP contribution in [0.25, 0.3) is 0 Å². The summed E-state index contributed by atoms with van der Waals surface area (Å²) in [5.74, 6) is 2.86. The van der Waals surface area contributed by atoms with Crippen LogP contribution in [0.5, 0.6) is 0 Å². The summed E-state index contributed by atoms with van der Waals surface area (Å²) in [6.07, 6.45) is 10.9. The maximum Gasteiger partial charge on any atom is 0.197 e. The molecule has 0 saturated heterocycles. The molecule has 5 rings (SSSR count). The number of nitrogens with zero attached hydrogens (tertiary/aromatic N) is 3. The van der Waals surface area contributed by atoms with Crippen molar-refractivity contribution >= 4 is 28.9 Å². The number of nitrogens with two attached hydrogens (primary N) is 1. The molecule has 0 bridgehead atoms. The minimum absolute atomic E-state index is 0.0204. The van der Waals surface area contributed by atoms with Crippen molar-refractivity contribution in [2.75, 3.05) is 26.0 Å². The van der Waals surface area contributed by atoms with Gasteiger partial charge in [0.05, 0.1) is 22.9 Å². The Hall–Kier alpha value is -1.57. The summed E-state index contributed by atoms with van der Waals surface area (Å²) in [6, 6.07) is 1.59. The van der Waals surface area contributed by atoms with Gasteiger partial charge in [-0.05, 0) is 105 Å². The van der Waals surface area contributed by atoms with Gasteiger partial charge in [-0.2, -0.15) is 5.11 Å². The number of aliphatic hydroxyl groups is 1. The second-order valence-corrected chi connectivity index (χ2v) is 13.1. The number of nitrogen functional groups attached to an aromatic ring is 1. The number of hydrogen-bond acceptors (Lipinski definition) is 7. The number of pyridine rings is 1. The standard InChI is InChI=1S/C28H41ClN4O3/c1-26(35)10-11-28(16-36-3)17(13-26)4-5-19-20-6-7-22(27(20,2)9-8-21(19)28)24(34)15-32-33-25-23(30)12-18(29)14-31-25/h12,14,17,19-22,35H,4-11,13,15-16,30H2,1-3H3/t17-,19-,20-,21-,22+,26+,27-,28+/m0/s1. The van der Waals surface area contributed by atoms with Crippen LogP contribution in [0.1, 0.15) is 71.6 Å². The fourth-order valence-electron chi connectivity index (χ4n) is 9.13. The van der Waals surface area contributed by atoms with E-state index in [1.165, 1.54) is 12.6 Å². The van der Waals surface area contributed by atoms with Gasteiger partial charge < -0.3 is 15.6 Å². The van der Waals surface area contributed by atoms with Gasteiger partial charge >= 0.3 is 0 Å². The van der Waals surface area contributed by atoms with Crippen LogP contribution in [0.3, 0.4) is 0 Å². The Balaban J connectivity index is 1.31. The van der Waals surface area contributed by atoms with E-state index < -0.39 is 5.60 Å². The second kappa shape index (κ2) is 9.63. The van der Waals surface area contributed by atoms with Crippen LogP contribution in [0.2, 0.25) is 5.02 Å². The van der Waals surface area contributed by atoms with Crippen LogP contribution in [0.15, 0.2) is 22.5 Å². The van der Waals surface area contributed by atoms with E-state index in [1.807, 2.05) is 14.0 Å². The third-order valence-corrected chi connectivity index (χ3v) is 10.9. The molecule has 8 atom stereocenters. The molecule has 4 saturated carbocycles. The van der Waals surface area contributed by atoms with E-state index in [0.29, 0.717) is 40.2 Å². The number of fused-ring (bicyclic) bond motifs is 5. The van der Waals surface area contributed by atoms with Gasteiger partial charge in [0.1, 0.15) is 6.54 Å². The Morgan fingerprint density at radius 1 is 1.19 bits per heavy atom. The zero-order valence-electron chi connectivity index (χ0n) is 21.9. The highest BCUT2D eigenvalue weighted by Gasteiger charge is 2.63. The summed E-state index contributed by atoms with van der Waals surface area (Å²) >= 11 is 5.91. The molecule has 198 valence electrons. The number of azo groups is 1. The molecule has 0 unspecified atom stereocenters. The lowest BCUT2D eigenvalue weighted by Gasteiger charge is -2.62. The fourth-order valence-corrected chi connectivity index (χ4v) is 9.29. The highest BCUT2D eigenvalue weighted by Crippen LogP contribution is 2.68. The summed E-state index contributed by atoms with van der Waals surface area (Å²) in [6.45, 7) is 5.23. The predicted octanol–water partition coefficient (Wildman–Crippen LogP) is 6.01. The van der Waals surface area contributed by atoms with Crippen LogP contribution in [-0.2, 0) is 9.53 Å². The molecule has 0 spiro atoms. The molecule has 36 heavy (non-hydrogen) atoms. The lowest BCUT2D eigenvalue weighted by molar-refractivity contribution is -0.175. The summed E-state index contributed by atoms with van der Waals surface area (Å²) < 4.78 is 5.87. The zero-order valence-corrected chi connectivity index (χ0v) is 22.6. The lowest BCUT2D eigenvalue weighted by atomic mass is 9.43. The number of hydrogen-bond donors (Lipinski definition) is 2. The molecule has 4 aliphatic carbocycles. The van der Waals surface area contributed by atoms with Gasteiger partial charge in [0.2, 0.25) is 0 Å². The van der Waals surface area contributed by atoms with Crippen LogP contribution in [0, 0.1) is 40.4 Å². The highest BCUT2D eigenvalue weighted by molar-refractivity contribution is 6.30. The maximum absolute atomic E-state index is 13.4. The molecular formula is C28H41ClN4O3. The lowest BCUT2D eigenvalue weighted by Crippen LogP contribution is -2.58. The molecule has 4 aliphatic rings. The van der Waals surface area contributed by atoms with Gasteiger partial charge in [0.25, 0.3) is 0 Å². The van der Waals surface area contributed by atoms with E-state index in [-0.39, 0.29) is 29.1 Å². The summed E-state index contributed by atoms with van der Waals surface area (Å²) in [5.41, 5.74) is 5.91. The quantitative estimate of drug-likeness (QED) is 0.450. The number of carbonyl (C=O) groups is 1. The van der Waals surface area contributed by atoms with Crippen molar-refractivity contribution in [1.82, 2.24) is 4.98 Å². The summed E-state index contributed by atoms with van der Waals surface area (Å²) in [5, 5.41) is 19.6. The van der Waals surface area contributed by atoms with Crippen LogP contribution in [-0.4, -0.2) is 41.7 Å². The fraction of sp³-hybridized carbons (Fsp3) is 0.786. The maximum atomic E-state index is 13.4. The first-order chi connectivity index (χ1) is 17.1. The monoisotopic (exact) mass is 516 g/mol. The van der Waals surface area contributed by atoms with Crippen molar-refractivity contribution in [2.24, 2.45) is 50.6 Å². The average molecular weight is 517 g/mol. The molecule has 7 nitrogen and oxygen atoms in total.